The molecule has 0 saturated carbocycles. The smallest absolute Gasteiger partial charge is 0.255 e. The van der Waals surface area contributed by atoms with E-state index < -0.39 is 0 Å². The number of nitrogens with zero attached hydrogens (tertiary/aromatic N) is 3. The first-order valence-electron chi connectivity index (χ1n) is 5.19. The van der Waals surface area contributed by atoms with Crippen LogP contribution in [0.2, 0.25) is 0 Å². The SMILES string of the molecule is NC(=O)C1c2cccn[n+]2N2CCC1C2. The molecule has 2 aliphatic heterocycles. The Morgan fingerprint density at radius 3 is 3.33 bits per heavy atom. The van der Waals surface area contributed by atoms with E-state index >= 15 is 0 Å². The van der Waals surface area contributed by atoms with Gasteiger partial charge in [0.05, 0.1) is 19.3 Å². The highest BCUT2D eigenvalue weighted by molar-refractivity contribution is 5.81. The van der Waals surface area contributed by atoms with Crippen LogP contribution >= 0.6 is 0 Å². The standard InChI is InChI=1S/C10H12N4O/c11-10(15)9-7-3-5-13(6-7)14-8(9)2-1-4-12-14/h1-2,4,7,9H,3,5-6H2,(H-,11,15)/p+1. The number of amides is 1. The van der Waals surface area contributed by atoms with Crippen LogP contribution in [0, 0.1) is 5.92 Å². The highest BCUT2D eigenvalue weighted by Crippen LogP contribution is 2.32. The van der Waals surface area contributed by atoms with Crippen molar-refractivity contribution in [3.8, 4) is 0 Å². The number of hydrogen-bond donors (Lipinski definition) is 1. The van der Waals surface area contributed by atoms with Crippen molar-refractivity contribution >= 4 is 5.91 Å². The predicted octanol–water partition coefficient (Wildman–Crippen LogP) is -1.09. The minimum Gasteiger partial charge on any atom is -0.369 e. The minimum atomic E-state index is -0.233. The molecule has 2 bridgehead atoms. The van der Waals surface area contributed by atoms with E-state index in [0.29, 0.717) is 5.92 Å². The van der Waals surface area contributed by atoms with Gasteiger partial charge in [-0.05, 0) is 12.5 Å². The Labute approximate surface area is 87.5 Å². The molecule has 1 aromatic rings. The quantitative estimate of drug-likeness (QED) is 0.592. The second kappa shape index (κ2) is 2.92. The third-order valence-electron chi connectivity index (χ3n) is 3.33. The van der Waals surface area contributed by atoms with E-state index in [1.165, 1.54) is 0 Å². The van der Waals surface area contributed by atoms with E-state index in [1.54, 1.807) is 6.20 Å². The van der Waals surface area contributed by atoms with Gasteiger partial charge in [0.1, 0.15) is 5.92 Å². The van der Waals surface area contributed by atoms with Gasteiger partial charge in [-0.3, -0.25) is 4.79 Å². The Morgan fingerprint density at radius 2 is 2.53 bits per heavy atom. The van der Waals surface area contributed by atoms with Gasteiger partial charge in [-0.1, -0.05) is 0 Å². The summed E-state index contributed by atoms with van der Waals surface area (Å²) in [6, 6.07) is 3.79. The van der Waals surface area contributed by atoms with Gasteiger partial charge in [0, 0.05) is 21.9 Å². The van der Waals surface area contributed by atoms with Crippen molar-refractivity contribution in [2.45, 2.75) is 12.3 Å². The lowest BCUT2D eigenvalue weighted by molar-refractivity contribution is -0.759. The van der Waals surface area contributed by atoms with Crippen molar-refractivity contribution in [2.24, 2.45) is 11.7 Å². The average molecular weight is 205 g/mol. The molecular weight excluding hydrogens is 192 g/mol. The third kappa shape index (κ3) is 1.12. The molecule has 3 rings (SSSR count). The van der Waals surface area contributed by atoms with Gasteiger partial charge >= 0.3 is 0 Å². The van der Waals surface area contributed by atoms with E-state index in [2.05, 4.69) is 10.1 Å². The number of aromatic nitrogens is 2. The molecule has 2 unspecified atom stereocenters. The van der Waals surface area contributed by atoms with Crippen molar-refractivity contribution in [3.63, 3.8) is 0 Å². The maximum atomic E-state index is 11.5. The second-order valence-corrected chi connectivity index (χ2v) is 4.18. The summed E-state index contributed by atoms with van der Waals surface area (Å²) in [5, 5.41) is 6.43. The Morgan fingerprint density at radius 1 is 1.67 bits per heavy atom. The first-order chi connectivity index (χ1) is 7.27. The third-order valence-corrected chi connectivity index (χ3v) is 3.33. The predicted molar refractivity (Wildman–Crippen MR) is 52.4 cm³/mol. The zero-order valence-electron chi connectivity index (χ0n) is 8.34. The largest absolute Gasteiger partial charge is 0.369 e. The van der Waals surface area contributed by atoms with Crippen LogP contribution in [0.5, 0.6) is 0 Å². The Kier molecular flexibility index (Phi) is 1.68. The van der Waals surface area contributed by atoms with Crippen molar-refractivity contribution < 1.29 is 9.59 Å². The van der Waals surface area contributed by atoms with E-state index in [1.807, 2.05) is 16.9 Å². The summed E-state index contributed by atoms with van der Waals surface area (Å²) < 4.78 is 0. The molecule has 5 nitrogen and oxygen atoms in total. The molecule has 2 atom stereocenters. The van der Waals surface area contributed by atoms with Gasteiger partial charge in [0.2, 0.25) is 5.91 Å². The number of primary amides is 1. The molecule has 15 heavy (non-hydrogen) atoms. The number of nitrogens with two attached hydrogens (primary N) is 1. The van der Waals surface area contributed by atoms with Crippen LogP contribution in [0.25, 0.3) is 0 Å². The lowest BCUT2D eigenvalue weighted by Gasteiger charge is -2.22. The second-order valence-electron chi connectivity index (χ2n) is 4.18. The summed E-state index contributed by atoms with van der Waals surface area (Å²) >= 11 is 0. The number of carbonyl (C=O) groups excluding carboxylic acids is 1. The molecule has 1 fully saturated rings. The molecule has 3 heterocycles. The summed E-state index contributed by atoms with van der Waals surface area (Å²) in [6.45, 7) is 1.85. The van der Waals surface area contributed by atoms with Crippen molar-refractivity contribution in [3.05, 3.63) is 24.0 Å². The zero-order chi connectivity index (χ0) is 10.4. The van der Waals surface area contributed by atoms with Gasteiger partial charge in [0.25, 0.3) is 5.69 Å². The fourth-order valence-corrected chi connectivity index (χ4v) is 2.67. The van der Waals surface area contributed by atoms with Crippen LogP contribution in [-0.4, -0.2) is 24.1 Å². The van der Waals surface area contributed by atoms with Gasteiger partial charge in [-0.25, -0.2) is 0 Å². The van der Waals surface area contributed by atoms with E-state index in [0.717, 1.165) is 25.2 Å². The molecule has 2 aliphatic rings. The highest BCUT2D eigenvalue weighted by atomic mass is 16.1. The fourth-order valence-electron chi connectivity index (χ4n) is 2.67. The van der Waals surface area contributed by atoms with Gasteiger partial charge < -0.3 is 5.73 Å². The molecule has 2 N–H and O–H groups in total. The molecule has 1 amide bonds. The minimum absolute atomic E-state index is 0.169. The summed E-state index contributed by atoms with van der Waals surface area (Å²) in [4.78, 5) is 13.3. The summed E-state index contributed by atoms with van der Waals surface area (Å²) in [5.74, 6) is -0.0348. The lowest BCUT2D eigenvalue weighted by Crippen LogP contribution is -2.65. The Bertz CT molecular complexity index is 420. The lowest BCUT2D eigenvalue weighted by atomic mass is 9.87. The zero-order valence-corrected chi connectivity index (χ0v) is 8.34. The molecule has 5 heteroatoms. The van der Waals surface area contributed by atoms with Crippen molar-refractivity contribution in [1.82, 2.24) is 5.10 Å². The Balaban J connectivity index is 2.15. The monoisotopic (exact) mass is 205 g/mol. The number of fused-ring (bicyclic) bond motifs is 4. The van der Waals surface area contributed by atoms with Crippen LogP contribution in [0.1, 0.15) is 18.0 Å². The van der Waals surface area contributed by atoms with E-state index in [9.17, 15) is 4.79 Å². The molecule has 1 aromatic heterocycles. The topological polar surface area (TPSA) is 63.1 Å². The normalized spacial score (nSPS) is 27.6. The van der Waals surface area contributed by atoms with Crippen LogP contribution in [0.4, 0.5) is 0 Å². The molecule has 0 radical (unpaired) electrons. The van der Waals surface area contributed by atoms with Crippen molar-refractivity contribution in [2.75, 3.05) is 18.1 Å². The Hall–Kier alpha value is -1.65. The van der Waals surface area contributed by atoms with E-state index in [4.69, 9.17) is 5.73 Å². The van der Waals surface area contributed by atoms with Gasteiger partial charge in [-0.2, -0.15) is 5.01 Å². The maximum absolute atomic E-state index is 11.5. The highest BCUT2D eigenvalue weighted by Gasteiger charge is 2.48. The van der Waals surface area contributed by atoms with E-state index in [-0.39, 0.29) is 11.8 Å². The van der Waals surface area contributed by atoms with Gasteiger partial charge in [0.15, 0.2) is 0 Å². The first-order valence-corrected chi connectivity index (χ1v) is 5.19. The molecule has 0 spiro atoms. The average Bonchev–Trinajstić information content (AvgIpc) is 2.63. The van der Waals surface area contributed by atoms with Crippen LogP contribution < -0.4 is 15.5 Å². The van der Waals surface area contributed by atoms with Gasteiger partial charge in [-0.15, -0.1) is 0 Å². The summed E-state index contributed by atoms with van der Waals surface area (Å²) in [6.07, 6.45) is 2.76. The summed E-state index contributed by atoms with van der Waals surface area (Å²) in [7, 11) is 0. The number of rotatable bonds is 1. The molecule has 1 saturated heterocycles. The maximum Gasteiger partial charge on any atom is 0.255 e. The van der Waals surface area contributed by atoms with Crippen LogP contribution in [0.3, 0.4) is 0 Å². The van der Waals surface area contributed by atoms with Crippen molar-refractivity contribution in [1.29, 1.82) is 0 Å². The molecular formula is C10H13N4O+. The van der Waals surface area contributed by atoms with Crippen LogP contribution in [-0.2, 0) is 4.79 Å². The number of hydrogen-bond acceptors (Lipinski definition) is 3. The molecule has 0 aliphatic carbocycles. The van der Waals surface area contributed by atoms with Crippen LogP contribution in [0.15, 0.2) is 18.3 Å². The summed E-state index contributed by atoms with van der Waals surface area (Å²) in [5.41, 5.74) is 6.40. The number of carbonyl (C=O) groups is 1. The molecule has 0 aromatic carbocycles. The fraction of sp³-hybridized carbons (Fsp3) is 0.500. The molecule has 78 valence electrons. The first kappa shape index (κ1) is 8.64.